The summed E-state index contributed by atoms with van der Waals surface area (Å²) < 4.78 is 5.64. The van der Waals surface area contributed by atoms with Gasteiger partial charge in [-0.05, 0) is 29.9 Å². The van der Waals surface area contributed by atoms with Crippen molar-refractivity contribution in [2.45, 2.75) is 19.0 Å². The van der Waals surface area contributed by atoms with Crippen LogP contribution in [0.1, 0.15) is 22.3 Å². The molecule has 1 unspecified atom stereocenters. The number of hydrogen-bond donors (Lipinski definition) is 1. The predicted molar refractivity (Wildman–Crippen MR) is 78.1 cm³/mol. The third-order valence-corrected chi connectivity index (χ3v) is 4.89. The van der Waals surface area contributed by atoms with Crippen LogP contribution in [0.5, 0.6) is 0 Å². The van der Waals surface area contributed by atoms with E-state index in [2.05, 4.69) is 21.2 Å². The number of thioether (sulfide) groups is 1. The molecule has 0 spiro atoms. The molecule has 1 heterocycles. The van der Waals surface area contributed by atoms with Crippen LogP contribution in [0.3, 0.4) is 0 Å². The second kappa shape index (κ2) is 6.59. The fourth-order valence-electron chi connectivity index (χ4n) is 1.89. The van der Waals surface area contributed by atoms with Gasteiger partial charge >= 0.3 is 5.97 Å². The van der Waals surface area contributed by atoms with Crippen molar-refractivity contribution in [2.75, 3.05) is 18.6 Å². The SMILES string of the molecule is COC(=O)c1ccc(CNC2CCSC2)c(Br)c1. The molecular formula is C13H16BrNO2S. The van der Waals surface area contributed by atoms with Crippen LogP contribution in [-0.2, 0) is 11.3 Å². The minimum Gasteiger partial charge on any atom is -0.465 e. The van der Waals surface area contributed by atoms with Crippen LogP contribution >= 0.6 is 27.7 Å². The van der Waals surface area contributed by atoms with Gasteiger partial charge in [-0.3, -0.25) is 0 Å². The Hall–Kier alpha value is -0.520. The van der Waals surface area contributed by atoms with Crippen molar-refractivity contribution in [3.63, 3.8) is 0 Å². The molecule has 3 nitrogen and oxygen atoms in total. The predicted octanol–water partition coefficient (Wildman–Crippen LogP) is 2.83. The minimum atomic E-state index is -0.303. The number of carbonyl (C=O) groups excluding carboxylic acids is 1. The Bertz CT molecular complexity index is 433. The van der Waals surface area contributed by atoms with Gasteiger partial charge in [0.2, 0.25) is 0 Å². The van der Waals surface area contributed by atoms with Crippen molar-refractivity contribution >= 4 is 33.7 Å². The first-order valence-electron chi connectivity index (χ1n) is 5.88. The Morgan fingerprint density at radius 1 is 1.61 bits per heavy atom. The van der Waals surface area contributed by atoms with Crippen molar-refractivity contribution in [2.24, 2.45) is 0 Å². The van der Waals surface area contributed by atoms with Crippen molar-refractivity contribution < 1.29 is 9.53 Å². The van der Waals surface area contributed by atoms with Gasteiger partial charge in [0.15, 0.2) is 0 Å². The first-order chi connectivity index (χ1) is 8.70. The molecule has 1 fully saturated rings. The van der Waals surface area contributed by atoms with Crippen LogP contribution in [0, 0.1) is 0 Å². The van der Waals surface area contributed by atoms with E-state index in [1.165, 1.54) is 30.6 Å². The highest BCUT2D eigenvalue weighted by atomic mass is 79.9. The fourth-order valence-corrected chi connectivity index (χ4v) is 3.59. The number of esters is 1. The highest BCUT2D eigenvalue weighted by Crippen LogP contribution is 2.21. The smallest absolute Gasteiger partial charge is 0.337 e. The molecule has 1 aromatic carbocycles. The molecule has 5 heteroatoms. The van der Waals surface area contributed by atoms with E-state index in [9.17, 15) is 4.79 Å². The maximum atomic E-state index is 11.4. The average molecular weight is 330 g/mol. The summed E-state index contributed by atoms with van der Waals surface area (Å²) in [6.07, 6.45) is 1.24. The zero-order valence-electron chi connectivity index (χ0n) is 10.2. The maximum Gasteiger partial charge on any atom is 0.337 e. The molecule has 1 saturated heterocycles. The normalized spacial score (nSPS) is 18.9. The summed E-state index contributed by atoms with van der Waals surface area (Å²) in [5.74, 6) is 2.14. The summed E-state index contributed by atoms with van der Waals surface area (Å²) in [5.41, 5.74) is 1.74. The molecule has 0 radical (unpaired) electrons. The first-order valence-corrected chi connectivity index (χ1v) is 7.83. The van der Waals surface area contributed by atoms with E-state index >= 15 is 0 Å². The summed E-state index contributed by atoms with van der Waals surface area (Å²) in [6, 6.07) is 6.19. The van der Waals surface area contributed by atoms with Crippen molar-refractivity contribution in [1.82, 2.24) is 5.32 Å². The van der Waals surface area contributed by atoms with Crippen molar-refractivity contribution in [3.8, 4) is 0 Å². The molecule has 0 saturated carbocycles. The molecule has 18 heavy (non-hydrogen) atoms. The van der Waals surface area contributed by atoms with Gasteiger partial charge in [0.25, 0.3) is 0 Å². The quantitative estimate of drug-likeness (QED) is 0.862. The van der Waals surface area contributed by atoms with Crippen LogP contribution < -0.4 is 5.32 Å². The Kier molecular flexibility index (Phi) is 5.09. The van der Waals surface area contributed by atoms with E-state index < -0.39 is 0 Å². The molecule has 0 amide bonds. The van der Waals surface area contributed by atoms with E-state index in [0.717, 1.165) is 11.0 Å². The highest BCUT2D eigenvalue weighted by molar-refractivity contribution is 9.10. The summed E-state index contributed by atoms with van der Waals surface area (Å²) in [5, 5.41) is 3.53. The van der Waals surface area contributed by atoms with Gasteiger partial charge in [-0.1, -0.05) is 22.0 Å². The molecule has 0 aromatic heterocycles. The molecule has 1 aromatic rings. The first kappa shape index (κ1) is 13.9. The van der Waals surface area contributed by atoms with Gasteiger partial charge < -0.3 is 10.1 Å². The summed E-state index contributed by atoms with van der Waals surface area (Å²) in [7, 11) is 1.39. The lowest BCUT2D eigenvalue weighted by Crippen LogP contribution is -2.28. The molecule has 1 N–H and O–H groups in total. The second-order valence-electron chi connectivity index (χ2n) is 4.24. The van der Waals surface area contributed by atoms with Gasteiger partial charge in [0, 0.05) is 22.8 Å². The van der Waals surface area contributed by atoms with Crippen LogP contribution in [-0.4, -0.2) is 30.6 Å². The lowest BCUT2D eigenvalue weighted by atomic mass is 10.1. The lowest BCUT2D eigenvalue weighted by molar-refractivity contribution is 0.0600. The second-order valence-corrected chi connectivity index (χ2v) is 6.24. The summed E-state index contributed by atoms with van der Waals surface area (Å²) >= 11 is 5.50. The summed E-state index contributed by atoms with van der Waals surface area (Å²) in [4.78, 5) is 11.4. The maximum absolute atomic E-state index is 11.4. The molecular weight excluding hydrogens is 314 g/mol. The van der Waals surface area contributed by atoms with Gasteiger partial charge in [0.05, 0.1) is 12.7 Å². The number of benzene rings is 1. The van der Waals surface area contributed by atoms with Crippen LogP contribution in [0.15, 0.2) is 22.7 Å². The highest BCUT2D eigenvalue weighted by Gasteiger charge is 2.15. The topological polar surface area (TPSA) is 38.3 Å². The van der Waals surface area contributed by atoms with Crippen molar-refractivity contribution in [1.29, 1.82) is 0 Å². The van der Waals surface area contributed by atoms with Crippen LogP contribution in [0.25, 0.3) is 0 Å². The largest absolute Gasteiger partial charge is 0.465 e. The zero-order chi connectivity index (χ0) is 13.0. The van der Waals surface area contributed by atoms with Crippen LogP contribution in [0.2, 0.25) is 0 Å². The number of methoxy groups -OCH3 is 1. The molecule has 0 bridgehead atoms. The Balaban J connectivity index is 1.98. The van der Waals surface area contributed by atoms with E-state index in [1.807, 2.05) is 23.9 Å². The lowest BCUT2D eigenvalue weighted by Gasteiger charge is -2.12. The molecule has 0 aliphatic carbocycles. The Morgan fingerprint density at radius 2 is 2.44 bits per heavy atom. The average Bonchev–Trinajstić information content (AvgIpc) is 2.89. The van der Waals surface area contributed by atoms with Gasteiger partial charge in [-0.25, -0.2) is 4.79 Å². The minimum absolute atomic E-state index is 0.303. The zero-order valence-corrected chi connectivity index (χ0v) is 12.6. The number of nitrogens with one attached hydrogen (secondary N) is 1. The third-order valence-electron chi connectivity index (χ3n) is 2.99. The molecule has 1 atom stereocenters. The summed E-state index contributed by atoms with van der Waals surface area (Å²) in [6.45, 7) is 0.827. The van der Waals surface area contributed by atoms with E-state index in [1.54, 1.807) is 6.07 Å². The Labute approximate surface area is 120 Å². The molecule has 1 aliphatic rings. The van der Waals surface area contributed by atoms with Gasteiger partial charge in [0.1, 0.15) is 0 Å². The molecule has 2 rings (SSSR count). The fraction of sp³-hybridized carbons (Fsp3) is 0.462. The third kappa shape index (κ3) is 3.49. The van der Waals surface area contributed by atoms with Crippen molar-refractivity contribution in [3.05, 3.63) is 33.8 Å². The van der Waals surface area contributed by atoms with E-state index in [4.69, 9.17) is 4.74 Å². The monoisotopic (exact) mass is 329 g/mol. The number of carbonyl (C=O) groups is 1. The molecule has 1 aliphatic heterocycles. The van der Waals surface area contributed by atoms with Crippen LogP contribution in [0.4, 0.5) is 0 Å². The van der Waals surface area contributed by atoms with E-state index in [0.29, 0.717) is 11.6 Å². The molecule has 98 valence electrons. The van der Waals surface area contributed by atoms with Gasteiger partial charge in [-0.2, -0.15) is 11.8 Å². The Morgan fingerprint density at radius 3 is 3.06 bits per heavy atom. The van der Waals surface area contributed by atoms with Gasteiger partial charge in [-0.15, -0.1) is 0 Å². The number of ether oxygens (including phenoxy) is 1. The standard InChI is InChI=1S/C13H16BrNO2S/c1-17-13(16)9-2-3-10(12(14)6-9)7-15-11-4-5-18-8-11/h2-3,6,11,15H,4-5,7-8H2,1H3. The van der Waals surface area contributed by atoms with E-state index in [-0.39, 0.29) is 5.97 Å². The number of hydrogen-bond acceptors (Lipinski definition) is 4. The number of halogens is 1. The number of rotatable bonds is 4.